The minimum absolute atomic E-state index is 0.164. The topological polar surface area (TPSA) is 113 Å². The highest BCUT2D eigenvalue weighted by molar-refractivity contribution is 7.84. The van der Waals surface area contributed by atoms with E-state index in [9.17, 15) is 9.00 Å². The summed E-state index contributed by atoms with van der Waals surface area (Å²) in [5.41, 5.74) is 0.265. The number of benzene rings is 1. The maximum absolute atomic E-state index is 12.7. The summed E-state index contributed by atoms with van der Waals surface area (Å²) >= 11 is 0. The van der Waals surface area contributed by atoms with Crippen LogP contribution in [0.2, 0.25) is 0 Å². The monoisotopic (exact) mass is 442 g/mol. The van der Waals surface area contributed by atoms with Crippen LogP contribution in [0.15, 0.2) is 59.9 Å². The molecule has 0 aliphatic carbocycles. The Bertz CT molecular complexity index is 1050. The summed E-state index contributed by atoms with van der Waals surface area (Å²) in [5, 5.41) is 2.66. The number of carbonyl (C=O) groups excluding carboxylic acids is 1. The Morgan fingerprint density at radius 1 is 1.16 bits per heavy atom. The number of aromatic nitrogens is 3. The molecule has 9 nitrogen and oxygen atoms in total. The summed E-state index contributed by atoms with van der Waals surface area (Å²) in [4.78, 5) is 25.7. The summed E-state index contributed by atoms with van der Waals surface area (Å²) in [6.07, 6.45) is 5.73. The van der Waals surface area contributed by atoms with Crippen LogP contribution >= 0.6 is 0 Å². The lowest BCUT2D eigenvalue weighted by atomic mass is 10.2. The lowest BCUT2D eigenvalue weighted by Crippen LogP contribution is -2.19. The van der Waals surface area contributed by atoms with Gasteiger partial charge in [-0.05, 0) is 31.2 Å². The van der Waals surface area contributed by atoms with Gasteiger partial charge in [0.1, 0.15) is 11.9 Å². The number of hydrogen-bond donors (Lipinski definition) is 1. The molecule has 1 aromatic carbocycles. The van der Waals surface area contributed by atoms with E-state index in [0.717, 1.165) is 0 Å². The van der Waals surface area contributed by atoms with Crippen molar-refractivity contribution in [2.24, 2.45) is 0 Å². The number of anilines is 1. The van der Waals surface area contributed by atoms with E-state index in [1.54, 1.807) is 37.6 Å². The highest BCUT2D eigenvalue weighted by Gasteiger charge is 2.15. The molecule has 2 aromatic heterocycles. The van der Waals surface area contributed by atoms with Crippen molar-refractivity contribution in [2.75, 3.05) is 25.3 Å². The fraction of sp³-hybridized carbons (Fsp3) is 0.238. The molecule has 2 heterocycles. The highest BCUT2D eigenvalue weighted by atomic mass is 32.2. The third-order valence-corrected chi connectivity index (χ3v) is 4.88. The zero-order valence-corrected chi connectivity index (χ0v) is 18.1. The largest absolute Gasteiger partial charge is 0.472 e. The van der Waals surface area contributed by atoms with Crippen molar-refractivity contribution in [3.63, 3.8) is 0 Å². The van der Waals surface area contributed by atoms with Gasteiger partial charge in [-0.15, -0.1) is 0 Å². The average Bonchev–Trinajstić information content (AvgIpc) is 2.75. The molecule has 0 bridgehead atoms. The molecule has 2 unspecified atom stereocenters. The molecule has 162 valence electrons. The van der Waals surface area contributed by atoms with E-state index in [2.05, 4.69) is 20.3 Å². The van der Waals surface area contributed by atoms with Gasteiger partial charge < -0.3 is 19.5 Å². The first-order valence-electron chi connectivity index (χ1n) is 9.31. The molecule has 31 heavy (non-hydrogen) atoms. The average molecular weight is 442 g/mol. The molecule has 0 fully saturated rings. The molecule has 3 rings (SSSR count). The van der Waals surface area contributed by atoms with E-state index in [1.807, 2.05) is 6.92 Å². The summed E-state index contributed by atoms with van der Waals surface area (Å²) in [6.45, 7) is 2.17. The van der Waals surface area contributed by atoms with Crippen LogP contribution in [0.5, 0.6) is 17.5 Å². The number of amides is 1. The van der Waals surface area contributed by atoms with Gasteiger partial charge in [-0.2, -0.15) is 4.98 Å². The number of carbonyl (C=O) groups is 1. The number of methoxy groups -OCH3 is 1. The van der Waals surface area contributed by atoms with Gasteiger partial charge in [0, 0.05) is 53.6 Å². The number of ether oxygens (including phenoxy) is 3. The molecule has 1 N–H and O–H groups in total. The van der Waals surface area contributed by atoms with Gasteiger partial charge in [-0.25, -0.2) is 4.98 Å². The van der Waals surface area contributed by atoms with Crippen LogP contribution in [0.4, 0.5) is 5.82 Å². The lowest BCUT2D eigenvalue weighted by Gasteiger charge is -2.15. The Balaban J connectivity index is 1.86. The van der Waals surface area contributed by atoms with Crippen LogP contribution in [-0.2, 0) is 15.5 Å². The number of rotatable bonds is 9. The molecular weight excluding hydrogens is 420 g/mol. The van der Waals surface area contributed by atoms with Crippen molar-refractivity contribution in [2.45, 2.75) is 17.9 Å². The minimum Gasteiger partial charge on any atom is -0.472 e. The van der Waals surface area contributed by atoms with Crippen LogP contribution in [0.3, 0.4) is 0 Å². The van der Waals surface area contributed by atoms with Crippen LogP contribution in [0, 0.1) is 0 Å². The van der Waals surface area contributed by atoms with E-state index in [4.69, 9.17) is 14.2 Å². The molecule has 0 saturated carbocycles. The predicted molar refractivity (Wildman–Crippen MR) is 115 cm³/mol. The zero-order valence-electron chi connectivity index (χ0n) is 17.3. The number of pyridine rings is 1. The fourth-order valence-electron chi connectivity index (χ4n) is 2.57. The van der Waals surface area contributed by atoms with E-state index in [-0.39, 0.29) is 23.4 Å². The molecule has 0 aliphatic rings. The van der Waals surface area contributed by atoms with Crippen LogP contribution in [0.25, 0.3) is 0 Å². The third kappa shape index (κ3) is 6.56. The Morgan fingerprint density at radius 2 is 1.90 bits per heavy atom. The van der Waals surface area contributed by atoms with Crippen molar-refractivity contribution in [1.29, 1.82) is 0 Å². The second-order valence-corrected chi connectivity index (χ2v) is 7.87. The molecule has 0 spiro atoms. The molecule has 0 aliphatic heterocycles. The molecular formula is C21H22N4O5S. The molecule has 0 saturated heterocycles. The van der Waals surface area contributed by atoms with E-state index < -0.39 is 16.7 Å². The highest BCUT2D eigenvalue weighted by Crippen LogP contribution is 2.25. The van der Waals surface area contributed by atoms with E-state index >= 15 is 0 Å². The Morgan fingerprint density at radius 3 is 2.55 bits per heavy atom. The fourth-order valence-corrected chi connectivity index (χ4v) is 3.09. The smallest absolute Gasteiger partial charge is 0.257 e. The second kappa shape index (κ2) is 10.6. The zero-order chi connectivity index (χ0) is 22.2. The second-order valence-electron chi connectivity index (χ2n) is 6.49. The maximum atomic E-state index is 12.7. The quantitative estimate of drug-likeness (QED) is 0.538. The van der Waals surface area contributed by atoms with Crippen LogP contribution in [0.1, 0.15) is 17.3 Å². The van der Waals surface area contributed by atoms with Crippen molar-refractivity contribution in [3.8, 4) is 17.5 Å². The summed E-state index contributed by atoms with van der Waals surface area (Å²) in [7, 11) is 0.476. The lowest BCUT2D eigenvalue weighted by molar-refractivity contribution is 0.0882. The molecule has 1 amide bonds. The standard InChI is InChI=1S/C21H22N4O5S/c1-14(13-28-2)29-19-10-15(21(26)24-18-12-22-8-9-23-18)11-20(25-19)30-16-4-6-17(7-5-16)31(3)27/h4-12,14H,13H2,1-3H3,(H,23,24,26). The van der Waals surface area contributed by atoms with Gasteiger partial charge in [0.15, 0.2) is 5.82 Å². The van der Waals surface area contributed by atoms with Gasteiger partial charge in [0.05, 0.1) is 18.4 Å². The van der Waals surface area contributed by atoms with Gasteiger partial charge in [-0.1, -0.05) is 0 Å². The maximum Gasteiger partial charge on any atom is 0.257 e. The van der Waals surface area contributed by atoms with Crippen LogP contribution < -0.4 is 14.8 Å². The van der Waals surface area contributed by atoms with Crippen LogP contribution in [-0.4, -0.2) is 51.1 Å². The van der Waals surface area contributed by atoms with Crippen molar-refractivity contribution < 1.29 is 23.2 Å². The third-order valence-electron chi connectivity index (χ3n) is 3.95. The minimum atomic E-state index is -1.09. The van der Waals surface area contributed by atoms with Gasteiger partial charge >= 0.3 is 0 Å². The number of nitrogens with one attached hydrogen (secondary N) is 1. The number of hydrogen-bond acceptors (Lipinski definition) is 8. The Hall–Kier alpha value is -3.37. The van der Waals surface area contributed by atoms with E-state index in [0.29, 0.717) is 23.1 Å². The molecule has 0 radical (unpaired) electrons. The summed E-state index contributed by atoms with van der Waals surface area (Å²) < 4.78 is 28.2. The molecule has 10 heteroatoms. The van der Waals surface area contributed by atoms with Gasteiger partial charge in [-0.3, -0.25) is 14.0 Å². The SMILES string of the molecule is COCC(C)Oc1cc(C(=O)Nc2cnccn2)cc(Oc2ccc(S(C)=O)cc2)n1. The first kappa shape index (κ1) is 22.3. The predicted octanol–water partition coefficient (Wildman–Crippen LogP) is 3.07. The molecule has 3 aromatic rings. The molecule has 2 atom stereocenters. The number of nitrogens with zero attached hydrogens (tertiary/aromatic N) is 3. The first-order chi connectivity index (χ1) is 14.9. The summed E-state index contributed by atoms with van der Waals surface area (Å²) in [5.74, 6) is 0.734. The van der Waals surface area contributed by atoms with Crippen molar-refractivity contribution in [3.05, 3.63) is 60.6 Å². The normalized spacial score (nSPS) is 12.6. The first-order valence-corrected chi connectivity index (χ1v) is 10.9. The summed E-state index contributed by atoms with van der Waals surface area (Å²) in [6, 6.07) is 9.76. The van der Waals surface area contributed by atoms with Crippen molar-refractivity contribution >= 4 is 22.5 Å². The van der Waals surface area contributed by atoms with Gasteiger partial charge in [0.2, 0.25) is 11.8 Å². The van der Waals surface area contributed by atoms with Crippen molar-refractivity contribution in [1.82, 2.24) is 15.0 Å². The van der Waals surface area contributed by atoms with Gasteiger partial charge in [0.25, 0.3) is 5.91 Å². The van der Waals surface area contributed by atoms with E-state index in [1.165, 1.54) is 30.7 Å². The Kier molecular flexibility index (Phi) is 7.63. The Labute approximate surface area is 182 Å².